The number of aromatic nitrogens is 2. The molecule has 0 spiro atoms. The highest BCUT2D eigenvalue weighted by atomic mass is 35.5. The van der Waals surface area contributed by atoms with Crippen molar-refractivity contribution in [3.63, 3.8) is 0 Å². The van der Waals surface area contributed by atoms with Gasteiger partial charge < -0.3 is 25.8 Å². The average Bonchev–Trinajstić information content (AvgIpc) is 2.80. The maximum Gasteiger partial charge on any atom is 0.234 e. The van der Waals surface area contributed by atoms with Gasteiger partial charge >= 0.3 is 0 Å². The fourth-order valence-electron chi connectivity index (χ4n) is 3.74. The Hall–Kier alpha value is -3.17. The molecule has 3 aromatic rings. The zero-order chi connectivity index (χ0) is 22.7. The maximum absolute atomic E-state index is 14.4. The van der Waals surface area contributed by atoms with Crippen LogP contribution < -0.4 is 25.8 Å². The number of halogens is 2. The van der Waals surface area contributed by atoms with Gasteiger partial charge in [-0.2, -0.15) is 0 Å². The molecular weight excluding hydrogens is 437 g/mol. The topological polar surface area (TPSA) is 111 Å². The quantitative estimate of drug-likeness (QED) is 0.496. The van der Waals surface area contributed by atoms with E-state index in [4.69, 9.17) is 26.8 Å². The van der Waals surface area contributed by atoms with Gasteiger partial charge in [0.25, 0.3) is 0 Å². The monoisotopic (exact) mass is 459 g/mol. The summed E-state index contributed by atoms with van der Waals surface area (Å²) in [4.78, 5) is 20.0. The summed E-state index contributed by atoms with van der Waals surface area (Å²) < 4.78 is 25.9. The molecule has 2 aromatic carbocycles. The van der Waals surface area contributed by atoms with Gasteiger partial charge in [-0.05, 0) is 43.5 Å². The molecular formula is C22H23ClFN5O3. The molecule has 0 saturated carbocycles. The Morgan fingerprint density at radius 2 is 2.19 bits per heavy atom. The largest absolute Gasteiger partial charge is 0.493 e. The summed E-state index contributed by atoms with van der Waals surface area (Å²) in [5.41, 5.74) is 6.23. The smallest absolute Gasteiger partial charge is 0.234 e. The molecule has 4 rings (SSSR count). The number of anilines is 2. The third-order valence-corrected chi connectivity index (χ3v) is 5.75. The van der Waals surface area contributed by atoms with E-state index in [1.165, 1.54) is 12.4 Å². The van der Waals surface area contributed by atoms with Crippen LogP contribution in [0.2, 0.25) is 5.02 Å². The second kappa shape index (κ2) is 9.54. The van der Waals surface area contributed by atoms with Gasteiger partial charge in [-0.25, -0.2) is 14.4 Å². The van der Waals surface area contributed by atoms with Crippen LogP contribution in [-0.2, 0) is 4.79 Å². The summed E-state index contributed by atoms with van der Waals surface area (Å²) in [7, 11) is 1.55. The van der Waals surface area contributed by atoms with Crippen LogP contribution in [-0.4, -0.2) is 42.2 Å². The number of methoxy groups -OCH3 is 1. The number of rotatable bonds is 7. The van der Waals surface area contributed by atoms with Gasteiger partial charge in [0, 0.05) is 11.5 Å². The minimum absolute atomic E-state index is 0.00953. The van der Waals surface area contributed by atoms with Crippen molar-refractivity contribution in [2.45, 2.75) is 18.9 Å². The predicted octanol–water partition coefficient (Wildman–Crippen LogP) is 3.41. The number of piperidine rings is 1. The minimum Gasteiger partial charge on any atom is -0.493 e. The Bertz CT molecular complexity index is 1150. The summed E-state index contributed by atoms with van der Waals surface area (Å²) in [6.07, 6.45) is 2.85. The summed E-state index contributed by atoms with van der Waals surface area (Å²) in [5, 5.41) is 6.73. The van der Waals surface area contributed by atoms with Gasteiger partial charge in [-0.3, -0.25) is 4.79 Å². The van der Waals surface area contributed by atoms with E-state index in [2.05, 4.69) is 20.6 Å². The van der Waals surface area contributed by atoms with Crippen LogP contribution in [0.4, 0.5) is 15.9 Å². The van der Waals surface area contributed by atoms with E-state index in [9.17, 15) is 9.18 Å². The number of fused-ring (bicyclic) bond motifs is 1. The van der Waals surface area contributed by atoms with E-state index >= 15 is 0 Å². The van der Waals surface area contributed by atoms with Crippen LogP contribution in [0.25, 0.3) is 10.9 Å². The van der Waals surface area contributed by atoms with E-state index < -0.39 is 5.82 Å². The summed E-state index contributed by atoms with van der Waals surface area (Å²) in [6.45, 7) is 1.09. The molecule has 1 aromatic heterocycles. The molecule has 0 bridgehead atoms. The van der Waals surface area contributed by atoms with Crippen LogP contribution in [0, 0.1) is 11.7 Å². The van der Waals surface area contributed by atoms with Crippen LogP contribution in [0.15, 0.2) is 36.7 Å². The lowest BCUT2D eigenvalue weighted by molar-refractivity contribution is -0.121. The molecule has 2 atom stereocenters. The third-order valence-electron chi connectivity index (χ3n) is 5.46. The van der Waals surface area contributed by atoms with E-state index in [0.29, 0.717) is 47.8 Å². The zero-order valence-corrected chi connectivity index (χ0v) is 18.2. The van der Waals surface area contributed by atoms with Crippen molar-refractivity contribution < 1.29 is 18.7 Å². The Morgan fingerprint density at radius 1 is 1.34 bits per heavy atom. The summed E-state index contributed by atoms with van der Waals surface area (Å²) in [6, 6.07) is 7.83. The molecule has 10 heteroatoms. The van der Waals surface area contributed by atoms with E-state index in [0.717, 1.165) is 6.42 Å². The average molecular weight is 460 g/mol. The number of hydrogen-bond acceptors (Lipinski definition) is 7. The molecule has 1 saturated heterocycles. The first-order chi connectivity index (χ1) is 15.5. The number of benzene rings is 2. The number of nitrogens with one attached hydrogen (secondary N) is 2. The van der Waals surface area contributed by atoms with E-state index in [-0.39, 0.29) is 28.6 Å². The molecule has 168 valence electrons. The molecule has 1 aliphatic rings. The van der Waals surface area contributed by atoms with Crippen molar-refractivity contribution in [1.29, 1.82) is 0 Å². The molecule has 8 nitrogen and oxygen atoms in total. The first-order valence-corrected chi connectivity index (χ1v) is 10.5. The normalized spacial score (nSPS) is 18.3. The number of hydrogen-bond donors (Lipinski definition) is 3. The fourth-order valence-corrected chi connectivity index (χ4v) is 3.91. The van der Waals surface area contributed by atoms with Crippen molar-refractivity contribution in [2.75, 3.05) is 25.6 Å². The lowest BCUT2D eigenvalue weighted by atomic mass is 9.93. The van der Waals surface area contributed by atoms with Crippen LogP contribution in [0.1, 0.15) is 12.8 Å². The first kappa shape index (κ1) is 22.0. The number of ether oxygens (including phenoxy) is 2. The Kier molecular flexibility index (Phi) is 6.57. The van der Waals surface area contributed by atoms with E-state index in [1.54, 1.807) is 31.4 Å². The van der Waals surface area contributed by atoms with Gasteiger partial charge in [0.15, 0.2) is 17.3 Å². The summed E-state index contributed by atoms with van der Waals surface area (Å²) >= 11 is 5.89. The lowest BCUT2D eigenvalue weighted by Gasteiger charge is -2.28. The number of nitrogens with zero attached hydrogens (tertiary/aromatic N) is 2. The predicted molar refractivity (Wildman–Crippen MR) is 120 cm³/mol. The summed E-state index contributed by atoms with van der Waals surface area (Å²) in [5.74, 6) is 0.647. The number of primary amides is 1. The van der Waals surface area contributed by atoms with Crippen LogP contribution in [0.3, 0.4) is 0 Å². The molecule has 1 fully saturated rings. The maximum atomic E-state index is 14.4. The van der Waals surface area contributed by atoms with Crippen molar-refractivity contribution in [3.8, 4) is 11.5 Å². The molecule has 0 unspecified atom stereocenters. The SMILES string of the molecule is COc1cc2ncnc(Nc3cccc(Cl)c3F)c2cc1OC[C@@H]1CCN[C@@H](C(N)=O)C1. The van der Waals surface area contributed by atoms with Crippen molar-refractivity contribution in [3.05, 3.63) is 47.5 Å². The van der Waals surface area contributed by atoms with Crippen molar-refractivity contribution in [1.82, 2.24) is 15.3 Å². The second-order valence-corrected chi connectivity index (χ2v) is 7.99. The Morgan fingerprint density at radius 3 is 2.97 bits per heavy atom. The number of amides is 1. The second-order valence-electron chi connectivity index (χ2n) is 7.58. The molecule has 0 aliphatic carbocycles. The third kappa shape index (κ3) is 4.68. The highest BCUT2D eigenvalue weighted by Crippen LogP contribution is 2.36. The minimum atomic E-state index is -0.569. The number of carbonyl (C=O) groups excluding carboxylic acids is 1. The highest BCUT2D eigenvalue weighted by Gasteiger charge is 2.26. The van der Waals surface area contributed by atoms with E-state index in [1.807, 2.05) is 0 Å². The Balaban J connectivity index is 1.60. The van der Waals surface area contributed by atoms with Gasteiger partial charge in [0.05, 0.1) is 36.0 Å². The molecule has 32 heavy (non-hydrogen) atoms. The molecule has 1 amide bonds. The van der Waals surface area contributed by atoms with Gasteiger partial charge in [0.2, 0.25) is 5.91 Å². The van der Waals surface area contributed by atoms with Crippen LogP contribution >= 0.6 is 11.6 Å². The number of nitrogens with two attached hydrogens (primary N) is 1. The molecule has 2 heterocycles. The van der Waals surface area contributed by atoms with Gasteiger partial charge in [-0.15, -0.1) is 0 Å². The molecule has 4 N–H and O–H groups in total. The van der Waals surface area contributed by atoms with Crippen LogP contribution in [0.5, 0.6) is 11.5 Å². The lowest BCUT2D eigenvalue weighted by Crippen LogP contribution is -2.47. The molecule has 1 aliphatic heterocycles. The number of carbonyl (C=O) groups is 1. The zero-order valence-electron chi connectivity index (χ0n) is 17.4. The highest BCUT2D eigenvalue weighted by molar-refractivity contribution is 6.31. The fraction of sp³-hybridized carbons (Fsp3) is 0.318. The molecule has 0 radical (unpaired) electrons. The van der Waals surface area contributed by atoms with Gasteiger partial charge in [-0.1, -0.05) is 17.7 Å². The Labute approximate surface area is 189 Å². The van der Waals surface area contributed by atoms with Gasteiger partial charge in [0.1, 0.15) is 12.1 Å². The standard InChI is InChI=1S/C22H23ClFN5O3/c1-31-18-9-16-13(8-19(18)32-10-12-5-6-26-17(7-12)21(25)30)22(28-11-27-16)29-15-4-2-3-14(23)20(15)24/h2-4,8-9,11-12,17,26H,5-7,10H2,1H3,(H2,25,30)(H,27,28,29)/t12-,17-/m1/s1. The van der Waals surface area contributed by atoms with Crippen molar-refractivity contribution in [2.24, 2.45) is 11.7 Å². The van der Waals surface area contributed by atoms with Crippen molar-refractivity contribution >= 4 is 39.9 Å². The first-order valence-electron chi connectivity index (χ1n) is 10.2.